The Morgan fingerprint density at radius 3 is 2.33 bits per heavy atom. The van der Waals surface area contributed by atoms with Gasteiger partial charge in [-0.1, -0.05) is 29.8 Å². The van der Waals surface area contributed by atoms with Crippen molar-refractivity contribution in [3.63, 3.8) is 0 Å². The van der Waals surface area contributed by atoms with E-state index in [1.807, 2.05) is 12.1 Å². The minimum Gasteiger partial charge on any atom is -0.399 e. The number of aromatic nitrogens is 4. The molecule has 6 nitrogen and oxygen atoms in total. The number of rotatable bonds is 3. The molecule has 0 spiro atoms. The molecule has 21 heavy (non-hydrogen) atoms. The number of aryl methyl sites for hydroxylation is 1. The smallest absolute Gasteiger partial charge is 0.182 e. The van der Waals surface area contributed by atoms with Crippen LogP contribution in [0, 0.1) is 6.92 Å². The molecule has 0 amide bonds. The fraction of sp³-hybridized carbons (Fsp3) is 0.133. The summed E-state index contributed by atoms with van der Waals surface area (Å²) in [4.78, 5) is 0. The van der Waals surface area contributed by atoms with Gasteiger partial charge in [-0.05, 0) is 41.1 Å². The average Bonchev–Trinajstić information content (AvgIpc) is 2.88. The van der Waals surface area contributed by atoms with E-state index in [0.29, 0.717) is 23.7 Å². The molecular formula is C15H16N6. The van der Waals surface area contributed by atoms with Crippen LogP contribution in [-0.4, -0.2) is 20.2 Å². The minimum atomic E-state index is 0.592. The van der Waals surface area contributed by atoms with E-state index in [-0.39, 0.29) is 0 Å². The van der Waals surface area contributed by atoms with Crippen LogP contribution in [0.15, 0.2) is 42.5 Å². The number of nitrogens with zero attached hydrogens (tertiary/aromatic N) is 4. The molecule has 106 valence electrons. The highest BCUT2D eigenvalue weighted by Crippen LogP contribution is 2.23. The van der Waals surface area contributed by atoms with Crippen LogP contribution in [0.25, 0.3) is 11.4 Å². The van der Waals surface area contributed by atoms with E-state index in [1.54, 1.807) is 10.7 Å². The topological polar surface area (TPSA) is 95.6 Å². The van der Waals surface area contributed by atoms with Crippen LogP contribution in [0.2, 0.25) is 0 Å². The van der Waals surface area contributed by atoms with Gasteiger partial charge in [-0.2, -0.15) is 0 Å². The number of anilines is 2. The maximum Gasteiger partial charge on any atom is 0.182 e. The van der Waals surface area contributed by atoms with E-state index in [4.69, 9.17) is 11.5 Å². The second kappa shape index (κ2) is 5.24. The Hall–Kier alpha value is -2.89. The zero-order chi connectivity index (χ0) is 14.8. The van der Waals surface area contributed by atoms with Crippen molar-refractivity contribution < 1.29 is 0 Å². The molecule has 0 bridgehead atoms. The predicted molar refractivity (Wildman–Crippen MR) is 82.4 cm³/mol. The van der Waals surface area contributed by atoms with Gasteiger partial charge in [0.05, 0.1) is 6.54 Å². The van der Waals surface area contributed by atoms with Gasteiger partial charge in [0.1, 0.15) is 0 Å². The Morgan fingerprint density at radius 1 is 1.00 bits per heavy atom. The summed E-state index contributed by atoms with van der Waals surface area (Å²) in [5.74, 6) is 0.648. The van der Waals surface area contributed by atoms with Gasteiger partial charge in [-0.15, -0.1) is 5.10 Å². The Morgan fingerprint density at radius 2 is 1.67 bits per heavy atom. The van der Waals surface area contributed by atoms with Crippen LogP contribution in [0.5, 0.6) is 0 Å². The van der Waals surface area contributed by atoms with Crippen molar-refractivity contribution in [1.82, 2.24) is 20.2 Å². The number of hydrogen-bond donors (Lipinski definition) is 2. The van der Waals surface area contributed by atoms with Gasteiger partial charge < -0.3 is 11.5 Å². The maximum atomic E-state index is 5.83. The Labute approximate surface area is 122 Å². The van der Waals surface area contributed by atoms with E-state index < -0.39 is 0 Å². The Kier molecular flexibility index (Phi) is 3.27. The highest BCUT2D eigenvalue weighted by molar-refractivity contribution is 5.67. The predicted octanol–water partition coefficient (Wildman–Crippen LogP) is 1.86. The molecule has 3 rings (SSSR count). The normalized spacial score (nSPS) is 10.7. The number of nitrogens with two attached hydrogens (primary N) is 2. The van der Waals surface area contributed by atoms with Gasteiger partial charge in [-0.25, -0.2) is 4.68 Å². The van der Waals surface area contributed by atoms with E-state index in [2.05, 4.69) is 46.7 Å². The van der Waals surface area contributed by atoms with Crippen molar-refractivity contribution in [1.29, 1.82) is 0 Å². The lowest BCUT2D eigenvalue weighted by Gasteiger charge is -2.07. The third-order valence-corrected chi connectivity index (χ3v) is 3.22. The molecule has 6 heteroatoms. The van der Waals surface area contributed by atoms with Crippen LogP contribution in [-0.2, 0) is 6.54 Å². The monoisotopic (exact) mass is 280 g/mol. The highest BCUT2D eigenvalue weighted by Gasteiger charge is 2.10. The molecular weight excluding hydrogens is 264 g/mol. The molecule has 0 atom stereocenters. The summed E-state index contributed by atoms with van der Waals surface area (Å²) >= 11 is 0. The lowest BCUT2D eigenvalue weighted by atomic mass is 10.1. The Bertz CT molecular complexity index is 740. The summed E-state index contributed by atoms with van der Waals surface area (Å²) in [6.07, 6.45) is 0. The van der Waals surface area contributed by atoms with Gasteiger partial charge in [0.15, 0.2) is 5.82 Å². The van der Waals surface area contributed by atoms with Crippen molar-refractivity contribution in [3.05, 3.63) is 53.6 Å². The van der Waals surface area contributed by atoms with E-state index in [0.717, 1.165) is 11.1 Å². The molecule has 4 N–H and O–H groups in total. The van der Waals surface area contributed by atoms with Gasteiger partial charge in [-0.3, -0.25) is 0 Å². The molecule has 0 radical (unpaired) electrons. The lowest BCUT2D eigenvalue weighted by molar-refractivity contribution is 0.653. The highest BCUT2D eigenvalue weighted by atomic mass is 15.5. The van der Waals surface area contributed by atoms with E-state index >= 15 is 0 Å². The molecule has 3 aromatic rings. The SMILES string of the molecule is Cc1ccc(Cn2nnnc2-c2cc(N)cc(N)c2)cc1. The van der Waals surface area contributed by atoms with Crippen molar-refractivity contribution in [2.45, 2.75) is 13.5 Å². The summed E-state index contributed by atoms with van der Waals surface area (Å²) in [7, 11) is 0. The van der Waals surface area contributed by atoms with E-state index in [1.165, 1.54) is 5.56 Å². The largest absolute Gasteiger partial charge is 0.399 e. The second-order valence-corrected chi connectivity index (χ2v) is 5.03. The van der Waals surface area contributed by atoms with Gasteiger partial charge >= 0.3 is 0 Å². The van der Waals surface area contributed by atoms with Crippen molar-refractivity contribution >= 4 is 11.4 Å². The number of hydrogen-bond acceptors (Lipinski definition) is 5. The zero-order valence-corrected chi connectivity index (χ0v) is 11.7. The lowest BCUT2D eigenvalue weighted by Crippen LogP contribution is -2.05. The maximum absolute atomic E-state index is 5.83. The first-order valence-corrected chi connectivity index (χ1v) is 6.60. The zero-order valence-electron chi connectivity index (χ0n) is 11.7. The summed E-state index contributed by atoms with van der Waals surface area (Å²) in [5, 5.41) is 11.9. The molecule has 2 aromatic carbocycles. The van der Waals surface area contributed by atoms with Crippen LogP contribution in [0.4, 0.5) is 11.4 Å². The first-order chi connectivity index (χ1) is 10.1. The Balaban J connectivity index is 1.95. The first kappa shape index (κ1) is 13.1. The van der Waals surface area contributed by atoms with Crippen LogP contribution >= 0.6 is 0 Å². The number of benzene rings is 2. The molecule has 0 fully saturated rings. The van der Waals surface area contributed by atoms with Crippen LogP contribution in [0.1, 0.15) is 11.1 Å². The third-order valence-electron chi connectivity index (χ3n) is 3.22. The second-order valence-electron chi connectivity index (χ2n) is 5.03. The molecule has 0 saturated carbocycles. The first-order valence-electron chi connectivity index (χ1n) is 6.60. The summed E-state index contributed by atoms with van der Waals surface area (Å²) < 4.78 is 1.74. The quantitative estimate of drug-likeness (QED) is 0.714. The standard InChI is InChI=1S/C15H16N6/c1-10-2-4-11(5-3-10)9-21-15(18-19-20-21)12-6-13(16)8-14(17)7-12/h2-8H,9,16-17H2,1H3. The van der Waals surface area contributed by atoms with E-state index in [9.17, 15) is 0 Å². The van der Waals surface area contributed by atoms with Gasteiger partial charge in [0, 0.05) is 16.9 Å². The summed E-state index contributed by atoms with van der Waals surface area (Å²) in [5.41, 5.74) is 16.0. The minimum absolute atomic E-state index is 0.592. The molecule has 0 aliphatic heterocycles. The number of tetrazole rings is 1. The fourth-order valence-electron chi connectivity index (χ4n) is 2.19. The van der Waals surface area contributed by atoms with Gasteiger partial charge in [0.25, 0.3) is 0 Å². The van der Waals surface area contributed by atoms with Crippen molar-refractivity contribution in [2.75, 3.05) is 11.5 Å². The van der Waals surface area contributed by atoms with Crippen molar-refractivity contribution in [2.24, 2.45) is 0 Å². The van der Waals surface area contributed by atoms with Gasteiger partial charge in [0.2, 0.25) is 0 Å². The molecule has 0 saturated heterocycles. The summed E-state index contributed by atoms with van der Waals surface area (Å²) in [6.45, 7) is 2.65. The number of nitrogen functional groups attached to an aromatic ring is 2. The molecule has 0 aliphatic carbocycles. The van der Waals surface area contributed by atoms with Crippen molar-refractivity contribution in [3.8, 4) is 11.4 Å². The molecule has 1 heterocycles. The van der Waals surface area contributed by atoms with Crippen LogP contribution < -0.4 is 11.5 Å². The molecule has 0 unspecified atom stereocenters. The fourth-order valence-corrected chi connectivity index (χ4v) is 2.19. The molecule has 1 aromatic heterocycles. The third kappa shape index (κ3) is 2.84. The average molecular weight is 280 g/mol. The summed E-state index contributed by atoms with van der Waals surface area (Å²) in [6, 6.07) is 13.6. The molecule has 0 aliphatic rings. The van der Waals surface area contributed by atoms with Crippen LogP contribution in [0.3, 0.4) is 0 Å².